The summed E-state index contributed by atoms with van der Waals surface area (Å²) in [5.74, 6) is 5.48. The van der Waals surface area contributed by atoms with Gasteiger partial charge in [0.2, 0.25) is 0 Å². The Kier molecular flexibility index (Phi) is 3.76. The maximum absolute atomic E-state index is 9.46. The van der Waals surface area contributed by atoms with Crippen LogP contribution in [0.1, 0.15) is 40.5 Å². The van der Waals surface area contributed by atoms with Crippen LogP contribution in [0, 0.1) is 11.8 Å². The quantitative estimate of drug-likeness (QED) is 0.613. The minimum atomic E-state index is -0.911. The Bertz CT molecular complexity index is 188. The fraction of sp³-hybridized carbons (Fsp3) is 0.800. The average Bonchev–Trinajstić information content (AvgIpc) is 1.84. The molecule has 12 heavy (non-hydrogen) atoms. The Morgan fingerprint density at radius 3 is 2.00 bits per heavy atom. The van der Waals surface area contributed by atoms with Crippen LogP contribution in [0.15, 0.2) is 0 Å². The van der Waals surface area contributed by atoms with E-state index in [0.717, 1.165) is 0 Å². The van der Waals surface area contributed by atoms with Crippen LogP contribution in [0.5, 0.6) is 0 Å². The SMILES string of the molecule is CCC(C)(O)C#CCC(C)(C)O. The first-order valence-corrected chi connectivity index (χ1v) is 4.21. The Morgan fingerprint density at radius 1 is 1.17 bits per heavy atom. The van der Waals surface area contributed by atoms with Gasteiger partial charge in [0, 0.05) is 6.42 Å². The summed E-state index contributed by atoms with van der Waals surface area (Å²) in [6.07, 6.45) is 0.995. The van der Waals surface area contributed by atoms with Crippen molar-refractivity contribution in [2.24, 2.45) is 0 Å². The normalized spacial score (nSPS) is 16.2. The highest BCUT2D eigenvalue weighted by Gasteiger charge is 2.14. The van der Waals surface area contributed by atoms with E-state index in [9.17, 15) is 10.2 Å². The van der Waals surface area contributed by atoms with E-state index < -0.39 is 11.2 Å². The van der Waals surface area contributed by atoms with Crippen molar-refractivity contribution in [2.75, 3.05) is 0 Å². The average molecular weight is 170 g/mol. The summed E-state index contributed by atoms with van der Waals surface area (Å²) in [5, 5.41) is 18.8. The Morgan fingerprint density at radius 2 is 1.67 bits per heavy atom. The smallest absolute Gasteiger partial charge is 0.122 e. The van der Waals surface area contributed by atoms with Crippen LogP contribution >= 0.6 is 0 Å². The number of hydrogen-bond donors (Lipinski definition) is 2. The summed E-state index contributed by atoms with van der Waals surface area (Å²) in [4.78, 5) is 0. The molecule has 70 valence electrons. The standard InChI is InChI=1S/C10H18O2/c1-5-10(4,12)8-6-7-9(2,3)11/h11-12H,5,7H2,1-4H3. The molecule has 0 amide bonds. The van der Waals surface area contributed by atoms with E-state index in [0.29, 0.717) is 12.8 Å². The minimum absolute atomic E-state index is 0.392. The third kappa shape index (κ3) is 6.21. The summed E-state index contributed by atoms with van der Waals surface area (Å²) in [6.45, 7) is 6.94. The van der Waals surface area contributed by atoms with Crippen LogP contribution in [-0.4, -0.2) is 21.4 Å². The van der Waals surface area contributed by atoms with Crippen LogP contribution < -0.4 is 0 Å². The van der Waals surface area contributed by atoms with Crippen molar-refractivity contribution in [2.45, 2.75) is 51.7 Å². The van der Waals surface area contributed by atoms with Gasteiger partial charge in [0.05, 0.1) is 5.60 Å². The molecule has 2 N–H and O–H groups in total. The summed E-state index contributed by atoms with van der Waals surface area (Å²) in [7, 11) is 0. The van der Waals surface area contributed by atoms with Gasteiger partial charge in [-0.1, -0.05) is 18.8 Å². The maximum atomic E-state index is 9.46. The molecular formula is C10H18O2. The van der Waals surface area contributed by atoms with E-state index in [1.54, 1.807) is 20.8 Å². The molecule has 0 aromatic heterocycles. The van der Waals surface area contributed by atoms with Crippen LogP contribution in [-0.2, 0) is 0 Å². The zero-order chi connectivity index (χ0) is 9.83. The van der Waals surface area contributed by atoms with Crippen molar-refractivity contribution in [3.63, 3.8) is 0 Å². The third-order valence-corrected chi connectivity index (χ3v) is 1.57. The summed E-state index contributed by atoms with van der Waals surface area (Å²) in [6, 6.07) is 0. The minimum Gasteiger partial charge on any atom is -0.389 e. The highest BCUT2D eigenvalue weighted by Crippen LogP contribution is 2.08. The van der Waals surface area contributed by atoms with Crippen LogP contribution in [0.4, 0.5) is 0 Å². The van der Waals surface area contributed by atoms with Crippen molar-refractivity contribution in [3.05, 3.63) is 0 Å². The van der Waals surface area contributed by atoms with Crippen molar-refractivity contribution in [3.8, 4) is 11.8 Å². The van der Waals surface area contributed by atoms with Gasteiger partial charge in [0.1, 0.15) is 5.60 Å². The predicted molar refractivity (Wildman–Crippen MR) is 49.6 cm³/mol. The summed E-state index contributed by atoms with van der Waals surface area (Å²) in [5.41, 5.74) is -1.68. The van der Waals surface area contributed by atoms with Gasteiger partial charge in [0.15, 0.2) is 0 Å². The van der Waals surface area contributed by atoms with Crippen molar-refractivity contribution < 1.29 is 10.2 Å². The molecule has 0 radical (unpaired) electrons. The molecule has 2 heteroatoms. The van der Waals surface area contributed by atoms with Gasteiger partial charge in [-0.25, -0.2) is 0 Å². The van der Waals surface area contributed by atoms with E-state index >= 15 is 0 Å². The molecule has 0 aromatic carbocycles. The fourth-order valence-electron chi connectivity index (χ4n) is 0.539. The van der Waals surface area contributed by atoms with E-state index in [-0.39, 0.29) is 0 Å². The van der Waals surface area contributed by atoms with Crippen molar-refractivity contribution in [1.82, 2.24) is 0 Å². The molecule has 0 saturated carbocycles. The lowest BCUT2D eigenvalue weighted by molar-refractivity contribution is 0.0855. The number of aliphatic hydroxyl groups is 2. The lowest BCUT2D eigenvalue weighted by atomic mass is 10.0. The summed E-state index contributed by atoms with van der Waals surface area (Å²) >= 11 is 0. The Balaban J connectivity index is 4.06. The Labute approximate surface area is 74.6 Å². The lowest BCUT2D eigenvalue weighted by Gasteiger charge is -2.14. The molecular weight excluding hydrogens is 152 g/mol. The Hall–Kier alpha value is -0.520. The highest BCUT2D eigenvalue weighted by molar-refractivity contribution is 5.12. The zero-order valence-electron chi connectivity index (χ0n) is 8.31. The van der Waals surface area contributed by atoms with E-state index in [2.05, 4.69) is 11.8 Å². The van der Waals surface area contributed by atoms with Gasteiger partial charge >= 0.3 is 0 Å². The molecule has 0 bridgehead atoms. The maximum Gasteiger partial charge on any atom is 0.122 e. The number of rotatable bonds is 2. The first kappa shape index (κ1) is 11.5. The van der Waals surface area contributed by atoms with Crippen molar-refractivity contribution in [1.29, 1.82) is 0 Å². The van der Waals surface area contributed by atoms with Crippen molar-refractivity contribution >= 4 is 0 Å². The highest BCUT2D eigenvalue weighted by atomic mass is 16.3. The van der Waals surface area contributed by atoms with Crippen LogP contribution in [0.3, 0.4) is 0 Å². The molecule has 0 saturated heterocycles. The molecule has 0 spiro atoms. The fourth-order valence-corrected chi connectivity index (χ4v) is 0.539. The monoisotopic (exact) mass is 170 g/mol. The number of hydrogen-bond acceptors (Lipinski definition) is 2. The molecule has 0 rings (SSSR count). The van der Waals surface area contributed by atoms with E-state index in [1.807, 2.05) is 6.92 Å². The third-order valence-electron chi connectivity index (χ3n) is 1.57. The van der Waals surface area contributed by atoms with Gasteiger partial charge in [-0.2, -0.15) is 0 Å². The van der Waals surface area contributed by atoms with E-state index in [4.69, 9.17) is 0 Å². The largest absolute Gasteiger partial charge is 0.389 e. The second-order valence-corrected chi connectivity index (χ2v) is 3.92. The first-order valence-electron chi connectivity index (χ1n) is 4.21. The second kappa shape index (κ2) is 3.93. The van der Waals surface area contributed by atoms with Gasteiger partial charge in [-0.15, -0.1) is 0 Å². The molecule has 0 fully saturated rings. The summed E-state index contributed by atoms with van der Waals surface area (Å²) < 4.78 is 0. The molecule has 0 aliphatic heterocycles. The molecule has 0 heterocycles. The van der Waals surface area contributed by atoms with E-state index in [1.165, 1.54) is 0 Å². The second-order valence-electron chi connectivity index (χ2n) is 3.92. The predicted octanol–water partition coefficient (Wildman–Crippen LogP) is 1.31. The lowest BCUT2D eigenvalue weighted by Crippen LogP contribution is -2.21. The molecule has 2 nitrogen and oxygen atoms in total. The van der Waals surface area contributed by atoms with Gasteiger partial charge in [-0.05, 0) is 27.2 Å². The van der Waals surface area contributed by atoms with Crippen LogP contribution in [0.25, 0.3) is 0 Å². The molecule has 1 unspecified atom stereocenters. The van der Waals surface area contributed by atoms with Gasteiger partial charge in [0.25, 0.3) is 0 Å². The topological polar surface area (TPSA) is 40.5 Å². The van der Waals surface area contributed by atoms with Crippen LogP contribution in [0.2, 0.25) is 0 Å². The molecule has 1 atom stereocenters. The molecule has 0 aliphatic carbocycles. The zero-order valence-corrected chi connectivity index (χ0v) is 8.31. The van der Waals surface area contributed by atoms with Gasteiger partial charge < -0.3 is 10.2 Å². The van der Waals surface area contributed by atoms with Gasteiger partial charge in [-0.3, -0.25) is 0 Å². The first-order chi connectivity index (χ1) is 5.27. The molecule has 0 aliphatic rings. The molecule has 0 aromatic rings.